The third-order valence-corrected chi connectivity index (χ3v) is 3.51. The molecular weight excluding hydrogens is 316 g/mol. The van der Waals surface area contributed by atoms with Gasteiger partial charge in [0.05, 0.1) is 24.5 Å². The van der Waals surface area contributed by atoms with Gasteiger partial charge in [-0.1, -0.05) is 25.1 Å². The summed E-state index contributed by atoms with van der Waals surface area (Å²) in [6.45, 7) is 3.65. The molecule has 0 aliphatic heterocycles. The third kappa shape index (κ3) is 6.82. The van der Waals surface area contributed by atoms with Crippen LogP contribution in [0.1, 0.15) is 13.3 Å². The molecule has 0 fully saturated rings. The van der Waals surface area contributed by atoms with Crippen LogP contribution >= 0.6 is 0 Å². The maximum atomic E-state index is 12.1. The molecule has 132 valence electrons. The smallest absolute Gasteiger partial charge is 0.238 e. The van der Waals surface area contributed by atoms with E-state index in [4.69, 9.17) is 5.11 Å². The van der Waals surface area contributed by atoms with Gasteiger partial charge in [-0.05, 0) is 49.4 Å². The van der Waals surface area contributed by atoms with E-state index in [-0.39, 0.29) is 19.1 Å². The average Bonchev–Trinajstić information content (AvgIpc) is 2.62. The fraction of sp³-hybridized carbons (Fsp3) is 0.316. The van der Waals surface area contributed by atoms with Gasteiger partial charge in [0.1, 0.15) is 0 Å². The van der Waals surface area contributed by atoms with Crippen LogP contribution in [0.15, 0.2) is 64.8 Å². The van der Waals surface area contributed by atoms with Crippen LogP contribution in [-0.2, 0) is 4.79 Å². The van der Waals surface area contributed by atoms with E-state index in [0.717, 1.165) is 24.3 Å². The molecule has 0 aliphatic rings. The standard InChI is InChI=1S/C19H24N4O2/c1-2-12-23(13-14-24)15-19(25)20-16-8-10-18(11-9-16)22-21-17-6-4-3-5-7-17/h3-11,24H,2,12-15H2,1H3,(H,20,25). The first-order valence-electron chi connectivity index (χ1n) is 8.41. The molecule has 2 rings (SSSR count). The van der Waals surface area contributed by atoms with Gasteiger partial charge < -0.3 is 10.4 Å². The van der Waals surface area contributed by atoms with Crippen LogP contribution in [0.3, 0.4) is 0 Å². The summed E-state index contributed by atoms with van der Waals surface area (Å²) in [7, 11) is 0. The number of anilines is 1. The first-order valence-corrected chi connectivity index (χ1v) is 8.41. The lowest BCUT2D eigenvalue weighted by Crippen LogP contribution is -2.35. The first kappa shape index (κ1) is 18.8. The van der Waals surface area contributed by atoms with E-state index in [1.165, 1.54) is 0 Å². The zero-order valence-corrected chi connectivity index (χ0v) is 14.4. The highest BCUT2D eigenvalue weighted by Gasteiger charge is 2.09. The van der Waals surface area contributed by atoms with Crippen molar-refractivity contribution in [2.75, 3.05) is 31.6 Å². The summed E-state index contributed by atoms with van der Waals surface area (Å²) >= 11 is 0. The van der Waals surface area contributed by atoms with Crippen molar-refractivity contribution in [3.8, 4) is 0 Å². The number of aliphatic hydroxyl groups excluding tert-OH is 1. The average molecular weight is 340 g/mol. The quantitative estimate of drug-likeness (QED) is 0.683. The fourth-order valence-electron chi connectivity index (χ4n) is 2.35. The van der Waals surface area contributed by atoms with Crippen LogP contribution in [-0.4, -0.2) is 42.2 Å². The maximum absolute atomic E-state index is 12.1. The number of hydrogen-bond acceptors (Lipinski definition) is 5. The first-order chi connectivity index (χ1) is 12.2. The zero-order valence-electron chi connectivity index (χ0n) is 14.4. The van der Waals surface area contributed by atoms with Crippen LogP contribution in [0.5, 0.6) is 0 Å². The van der Waals surface area contributed by atoms with Gasteiger partial charge in [0, 0.05) is 12.2 Å². The Balaban J connectivity index is 1.89. The number of azo groups is 1. The van der Waals surface area contributed by atoms with E-state index in [1.807, 2.05) is 42.2 Å². The summed E-state index contributed by atoms with van der Waals surface area (Å²) in [5.41, 5.74) is 2.22. The van der Waals surface area contributed by atoms with E-state index < -0.39 is 0 Å². The second-order valence-corrected chi connectivity index (χ2v) is 5.63. The molecule has 25 heavy (non-hydrogen) atoms. The van der Waals surface area contributed by atoms with Gasteiger partial charge in [-0.15, -0.1) is 0 Å². The normalized spacial score (nSPS) is 11.2. The summed E-state index contributed by atoms with van der Waals surface area (Å²) in [4.78, 5) is 14.0. The van der Waals surface area contributed by atoms with Crippen molar-refractivity contribution in [1.82, 2.24) is 4.90 Å². The molecule has 0 saturated heterocycles. The molecule has 2 aromatic rings. The van der Waals surface area contributed by atoms with Crippen LogP contribution in [0.25, 0.3) is 0 Å². The highest BCUT2D eigenvalue weighted by Crippen LogP contribution is 2.20. The summed E-state index contributed by atoms with van der Waals surface area (Å²) in [5.74, 6) is -0.0967. The number of amides is 1. The highest BCUT2D eigenvalue weighted by molar-refractivity contribution is 5.92. The molecule has 0 spiro atoms. The summed E-state index contributed by atoms with van der Waals surface area (Å²) in [5, 5.41) is 20.2. The number of nitrogens with one attached hydrogen (secondary N) is 1. The van der Waals surface area contributed by atoms with E-state index in [9.17, 15) is 4.79 Å². The molecule has 0 bridgehead atoms. The van der Waals surface area contributed by atoms with Crippen LogP contribution < -0.4 is 5.32 Å². The molecule has 2 N–H and O–H groups in total. The van der Waals surface area contributed by atoms with E-state index in [2.05, 4.69) is 15.5 Å². The molecule has 0 radical (unpaired) electrons. The molecule has 0 heterocycles. The van der Waals surface area contributed by atoms with Crippen molar-refractivity contribution < 1.29 is 9.90 Å². The summed E-state index contributed by atoms with van der Waals surface area (Å²) in [6, 6.07) is 16.7. The third-order valence-electron chi connectivity index (χ3n) is 3.51. The molecule has 2 aromatic carbocycles. The van der Waals surface area contributed by atoms with Gasteiger partial charge in [-0.2, -0.15) is 10.2 Å². The molecule has 0 unspecified atom stereocenters. The van der Waals surface area contributed by atoms with Crippen molar-refractivity contribution in [2.45, 2.75) is 13.3 Å². The van der Waals surface area contributed by atoms with E-state index >= 15 is 0 Å². The second kappa shape index (κ2) is 10.3. The predicted octanol–water partition coefficient (Wildman–Crippen LogP) is 3.74. The molecular formula is C19H24N4O2. The Labute approximate surface area is 148 Å². The Bertz CT molecular complexity index is 666. The van der Waals surface area contributed by atoms with Crippen molar-refractivity contribution in [1.29, 1.82) is 0 Å². The Hall–Kier alpha value is -2.57. The lowest BCUT2D eigenvalue weighted by molar-refractivity contribution is -0.117. The van der Waals surface area contributed by atoms with Crippen molar-refractivity contribution in [2.24, 2.45) is 10.2 Å². The summed E-state index contributed by atoms with van der Waals surface area (Å²) in [6.07, 6.45) is 0.939. The van der Waals surface area contributed by atoms with E-state index in [0.29, 0.717) is 12.2 Å². The van der Waals surface area contributed by atoms with Gasteiger partial charge in [0.25, 0.3) is 0 Å². The lowest BCUT2D eigenvalue weighted by atomic mass is 10.3. The van der Waals surface area contributed by atoms with Gasteiger partial charge in [0.2, 0.25) is 5.91 Å². The number of rotatable bonds is 9. The number of carbonyl (C=O) groups is 1. The Morgan fingerprint density at radius 3 is 2.24 bits per heavy atom. The molecule has 6 heteroatoms. The number of nitrogens with zero attached hydrogens (tertiary/aromatic N) is 3. The van der Waals surface area contributed by atoms with Gasteiger partial charge in [-0.25, -0.2) is 0 Å². The minimum Gasteiger partial charge on any atom is -0.395 e. The minimum atomic E-state index is -0.0967. The van der Waals surface area contributed by atoms with Crippen LogP contribution in [0, 0.1) is 0 Å². The monoisotopic (exact) mass is 340 g/mol. The number of hydrogen-bond donors (Lipinski definition) is 2. The van der Waals surface area contributed by atoms with Gasteiger partial charge >= 0.3 is 0 Å². The molecule has 0 atom stereocenters. The molecule has 0 saturated carbocycles. The predicted molar refractivity (Wildman–Crippen MR) is 99.5 cm³/mol. The molecule has 0 aliphatic carbocycles. The lowest BCUT2D eigenvalue weighted by Gasteiger charge is -2.19. The largest absolute Gasteiger partial charge is 0.395 e. The minimum absolute atomic E-state index is 0.0500. The highest BCUT2D eigenvalue weighted by atomic mass is 16.3. The van der Waals surface area contributed by atoms with Gasteiger partial charge in [0.15, 0.2) is 0 Å². The zero-order chi connectivity index (χ0) is 17.9. The van der Waals surface area contributed by atoms with Crippen molar-refractivity contribution >= 4 is 23.0 Å². The second-order valence-electron chi connectivity index (χ2n) is 5.63. The molecule has 0 aromatic heterocycles. The van der Waals surface area contributed by atoms with Gasteiger partial charge in [-0.3, -0.25) is 9.69 Å². The van der Waals surface area contributed by atoms with E-state index in [1.54, 1.807) is 24.3 Å². The Morgan fingerprint density at radius 1 is 1.00 bits per heavy atom. The van der Waals surface area contributed by atoms with Crippen LogP contribution in [0.4, 0.5) is 17.1 Å². The molecule has 1 amide bonds. The topological polar surface area (TPSA) is 77.3 Å². The number of carbonyl (C=O) groups excluding carboxylic acids is 1. The number of aliphatic hydroxyl groups is 1. The summed E-state index contributed by atoms with van der Waals surface area (Å²) < 4.78 is 0. The number of benzene rings is 2. The fourth-order valence-corrected chi connectivity index (χ4v) is 2.35. The SMILES string of the molecule is CCCN(CCO)CC(=O)Nc1ccc(N=Nc2ccccc2)cc1. The maximum Gasteiger partial charge on any atom is 0.238 e. The Kier molecular flexibility index (Phi) is 7.75. The molecule has 6 nitrogen and oxygen atoms in total. The van der Waals surface area contributed by atoms with Crippen molar-refractivity contribution in [3.05, 3.63) is 54.6 Å². The Morgan fingerprint density at radius 2 is 1.64 bits per heavy atom. The van der Waals surface area contributed by atoms with Crippen LogP contribution in [0.2, 0.25) is 0 Å². The van der Waals surface area contributed by atoms with Crippen molar-refractivity contribution in [3.63, 3.8) is 0 Å².